The van der Waals surface area contributed by atoms with Crippen molar-refractivity contribution in [2.45, 2.75) is 39.2 Å². The van der Waals surface area contributed by atoms with Gasteiger partial charge in [-0.2, -0.15) is 0 Å². The van der Waals surface area contributed by atoms with E-state index in [1.165, 1.54) is 11.1 Å². The Bertz CT molecular complexity index is 436. The van der Waals surface area contributed by atoms with Crippen LogP contribution in [0.4, 0.5) is 0 Å². The maximum absolute atomic E-state index is 11.4. The van der Waals surface area contributed by atoms with Crippen LogP contribution >= 0.6 is 0 Å². The van der Waals surface area contributed by atoms with E-state index >= 15 is 0 Å². The molecule has 0 aromatic heterocycles. The highest BCUT2D eigenvalue weighted by Gasteiger charge is 2.28. The average Bonchev–Trinajstić information content (AvgIpc) is 2.84. The molecule has 3 nitrogen and oxygen atoms in total. The second-order valence-electron chi connectivity index (χ2n) is 5.16. The topological polar surface area (TPSA) is 40.5 Å². The van der Waals surface area contributed by atoms with Crippen molar-refractivity contribution in [2.24, 2.45) is 0 Å². The number of aryl methyl sites for hydroxylation is 1. The third-order valence-corrected chi connectivity index (χ3v) is 4.00. The number of carboxylic acid groups (broad SMARTS) is 1. The summed E-state index contributed by atoms with van der Waals surface area (Å²) in [5.41, 5.74) is 3.62. The molecule has 1 aliphatic rings. The van der Waals surface area contributed by atoms with E-state index in [2.05, 4.69) is 24.8 Å². The van der Waals surface area contributed by atoms with E-state index in [-0.39, 0.29) is 6.04 Å². The van der Waals surface area contributed by atoms with E-state index in [4.69, 9.17) is 0 Å². The zero-order chi connectivity index (χ0) is 13.1. The summed E-state index contributed by atoms with van der Waals surface area (Å²) in [4.78, 5) is 13.5. The van der Waals surface area contributed by atoms with Crippen molar-refractivity contribution < 1.29 is 9.90 Å². The Balaban J connectivity index is 2.18. The Kier molecular flexibility index (Phi) is 4.02. The molecular formula is C15H21NO2. The van der Waals surface area contributed by atoms with Crippen molar-refractivity contribution in [3.63, 3.8) is 0 Å². The lowest BCUT2D eigenvalue weighted by molar-refractivity contribution is -0.142. The number of likely N-dealkylation sites (tertiary alicyclic amines) is 1. The summed E-state index contributed by atoms with van der Waals surface area (Å²) in [6.07, 6.45) is 2.86. The van der Waals surface area contributed by atoms with Crippen LogP contribution in [0.25, 0.3) is 0 Å². The monoisotopic (exact) mass is 247 g/mol. The number of hydrogen-bond acceptors (Lipinski definition) is 2. The molecule has 3 heteroatoms. The molecule has 1 fully saturated rings. The van der Waals surface area contributed by atoms with Gasteiger partial charge in [0.25, 0.3) is 0 Å². The molecular weight excluding hydrogens is 226 g/mol. The highest BCUT2D eigenvalue weighted by atomic mass is 16.4. The molecule has 1 heterocycles. The van der Waals surface area contributed by atoms with Gasteiger partial charge in [0, 0.05) is 0 Å². The normalized spacial score (nSPS) is 17.9. The number of aliphatic carboxylic acids is 1. The van der Waals surface area contributed by atoms with Crippen molar-refractivity contribution in [2.75, 3.05) is 13.1 Å². The fourth-order valence-electron chi connectivity index (χ4n) is 2.67. The molecule has 1 aromatic rings. The SMILES string of the molecule is Cc1cccc(C[C@@H](C(=O)O)N2CCCC2)c1C. The van der Waals surface area contributed by atoms with E-state index in [1.807, 2.05) is 12.1 Å². The van der Waals surface area contributed by atoms with Crippen molar-refractivity contribution in [1.29, 1.82) is 0 Å². The summed E-state index contributed by atoms with van der Waals surface area (Å²) in [6.45, 7) is 5.99. The molecule has 1 aromatic carbocycles. The molecule has 0 unspecified atom stereocenters. The van der Waals surface area contributed by atoms with Gasteiger partial charge in [0.15, 0.2) is 0 Å². The summed E-state index contributed by atoms with van der Waals surface area (Å²) in [5, 5.41) is 9.41. The van der Waals surface area contributed by atoms with Gasteiger partial charge in [0.1, 0.15) is 6.04 Å². The number of carboxylic acids is 1. The van der Waals surface area contributed by atoms with Gasteiger partial charge >= 0.3 is 5.97 Å². The van der Waals surface area contributed by atoms with Crippen LogP contribution in [-0.2, 0) is 11.2 Å². The molecule has 0 spiro atoms. The van der Waals surface area contributed by atoms with Crippen molar-refractivity contribution in [3.05, 3.63) is 34.9 Å². The molecule has 1 N–H and O–H groups in total. The van der Waals surface area contributed by atoms with Crippen LogP contribution < -0.4 is 0 Å². The summed E-state index contributed by atoms with van der Waals surface area (Å²) in [6, 6.07) is 5.77. The zero-order valence-corrected chi connectivity index (χ0v) is 11.1. The van der Waals surface area contributed by atoms with Crippen LogP contribution in [0.1, 0.15) is 29.5 Å². The summed E-state index contributed by atoms with van der Waals surface area (Å²) in [7, 11) is 0. The van der Waals surface area contributed by atoms with Crippen molar-refractivity contribution in [1.82, 2.24) is 4.90 Å². The van der Waals surface area contributed by atoms with Gasteiger partial charge in [0.05, 0.1) is 0 Å². The van der Waals surface area contributed by atoms with Gasteiger partial charge in [0.2, 0.25) is 0 Å². The molecule has 1 atom stereocenters. The summed E-state index contributed by atoms with van der Waals surface area (Å²) in [5.74, 6) is -0.696. The van der Waals surface area contributed by atoms with Gasteiger partial charge in [-0.3, -0.25) is 9.69 Å². The molecule has 1 aliphatic heterocycles. The molecule has 0 bridgehead atoms. The molecule has 2 rings (SSSR count). The Labute approximate surface area is 108 Å². The van der Waals surface area contributed by atoms with Crippen molar-refractivity contribution in [3.8, 4) is 0 Å². The number of hydrogen-bond donors (Lipinski definition) is 1. The van der Waals surface area contributed by atoms with Crippen LogP contribution in [0.5, 0.6) is 0 Å². The van der Waals surface area contributed by atoms with Crippen molar-refractivity contribution >= 4 is 5.97 Å². The first-order valence-corrected chi connectivity index (χ1v) is 6.61. The Morgan fingerprint density at radius 3 is 2.61 bits per heavy atom. The predicted molar refractivity (Wildman–Crippen MR) is 71.9 cm³/mol. The highest BCUT2D eigenvalue weighted by Crippen LogP contribution is 2.19. The van der Waals surface area contributed by atoms with Crippen LogP contribution in [0.15, 0.2) is 18.2 Å². The second kappa shape index (κ2) is 5.53. The lowest BCUT2D eigenvalue weighted by Gasteiger charge is -2.24. The lowest BCUT2D eigenvalue weighted by Crippen LogP contribution is -2.41. The van der Waals surface area contributed by atoms with E-state index in [1.54, 1.807) is 0 Å². The Morgan fingerprint density at radius 2 is 2.00 bits per heavy atom. The molecule has 18 heavy (non-hydrogen) atoms. The summed E-state index contributed by atoms with van der Waals surface area (Å²) >= 11 is 0. The second-order valence-corrected chi connectivity index (χ2v) is 5.16. The van der Waals surface area contributed by atoms with Gasteiger partial charge in [-0.15, -0.1) is 0 Å². The molecule has 0 radical (unpaired) electrons. The first-order valence-electron chi connectivity index (χ1n) is 6.61. The van der Waals surface area contributed by atoms with Gasteiger partial charge in [-0.25, -0.2) is 0 Å². The van der Waals surface area contributed by atoms with E-state index in [9.17, 15) is 9.90 Å². The number of carbonyl (C=O) groups is 1. The quantitative estimate of drug-likeness (QED) is 0.888. The Hall–Kier alpha value is -1.35. The molecule has 0 aliphatic carbocycles. The van der Waals surface area contributed by atoms with Gasteiger partial charge in [-0.1, -0.05) is 18.2 Å². The first-order chi connectivity index (χ1) is 8.59. The molecule has 1 saturated heterocycles. The van der Waals surface area contributed by atoms with Crippen LogP contribution in [-0.4, -0.2) is 35.1 Å². The number of nitrogens with zero attached hydrogens (tertiary/aromatic N) is 1. The highest BCUT2D eigenvalue weighted by molar-refractivity contribution is 5.74. The lowest BCUT2D eigenvalue weighted by atomic mass is 9.97. The number of rotatable bonds is 4. The van der Waals surface area contributed by atoms with E-state index in [0.717, 1.165) is 31.5 Å². The average molecular weight is 247 g/mol. The predicted octanol–water partition coefficient (Wildman–Crippen LogP) is 2.39. The zero-order valence-electron chi connectivity index (χ0n) is 11.1. The van der Waals surface area contributed by atoms with Crippen LogP contribution in [0.3, 0.4) is 0 Å². The molecule has 0 saturated carbocycles. The first kappa shape index (κ1) is 13.1. The maximum atomic E-state index is 11.4. The molecule has 98 valence electrons. The Morgan fingerprint density at radius 1 is 1.33 bits per heavy atom. The minimum absolute atomic E-state index is 0.368. The largest absolute Gasteiger partial charge is 0.480 e. The third-order valence-electron chi connectivity index (χ3n) is 4.00. The fourth-order valence-corrected chi connectivity index (χ4v) is 2.67. The van der Waals surface area contributed by atoms with Gasteiger partial charge in [-0.05, 0) is 62.9 Å². The van der Waals surface area contributed by atoms with E-state index < -0.39 is 5.97 Å². The minimum Gasteiger partial charge on any atom is -0.480 e. The smallest absolute Gasteiger partial charge is 0.321 e. The number of benzene rings is 1. The van der Waals surface area contributed by atoms with Crippen LogP contribution in [0, 0.1) is 13.8 Å². The standard InChI is InChI=1S/C15H21NO2/c1-11-6-5-7-13(12(11)2)10-14(15(17)18)16-8-3-4-9-16/h5-7,14H,3-4,8-10H2,1-2H3,(H,17,18)/t14-/m0/s1. The minimum atomic E-state index is -0.696. The molecule has 0 amide bonds. The van der Waals surface area contributed by atoms with Crippen LogP contribution in [0.2, 0.25) is 0 Å². The fraction of sp³-hybridized carbons (Fsp3) is 0.533. The third kappa shape index (κ3) is 2.72. The maximum Gasteiger partial charge on any atom is 0.321 e. The van der Waals surface area contributed by atoms with E-state index in [0.29, 0.717) is 6.42 Å². The van der Waals surface area contributed by atoms with Gasteiger partial charge < -0.3 is 5.11 Å². The summed E-state index contributed by atoms with van der Waals surface area (Å²) < 4.78 is 0.